The fourth-order valence-electron chi connectivity index (χ4n) is 2.60. The Balaban J connectivity index is 2.42. The van der Waals surface area contributed by atoms with Gasteiger partial charge in [0.25, 0.3) is 10.2 Å². The molecule has 1 heterocycles. The predicted octanol–water partition coefficient (Wildman–Crippen LogP) is 1.18. The normalized spacial score (nSPS) is 17.5. The monoisotopic (exact) mass is 453 g/mol. The molecule has 1 aliphatic rings. The topological polar surface area (TPSA) is 178 Å². The van der Waals surface area contributed by atoms with Crippen molar-refractivity contribution in [2.45, 2.75) is 45.4 Å². The summed E-state index contributed by atoms with van der Waals surface area (Å²) >= 11 is 0.662. The molecule has 1 aliphatic heterocycles. The van der Waals surface area contributed by atoms with Crippen molar-refractivity contribution in [2.75, 3.05) is 25.5 Å². The molecule has 0 aromatic rings. The van der Waals surface area contributed by atoms with Gasteiger partial charge >= 0.3 is 11.3 Å². The summed E-state index contributed by atoms with van der Waals surface area (Å²) in [5.74, 6) is -1.54. The first-order valence-electron chi connectivity index (χ1n) is 9.00. The van der Waals surface area contributed by atoms with Crippen molar-refractivity contribution in [1.82, 2.24) is 4.90 Å². The molecular formula is C15H23N3O11S. The van der Waals surface area contributed by atoms with E-state index in [-0.39, 0.29) is 31.3 Å². The molecule has 3 atom stereocenters. The van der Waals surface area contributed by atoms with Crippen LogP contribution in [0.4, 0.5) is 4.79 Å². The van der Waals surface area contributed by atoms with E-state index in [1.807, 2.05) is 0 Å². The highest BCUT2D eigenvalue weighted by Crippen LogP contribution is 2.23. The fraction of sp³-hybridized carbons (Fsp3) is 0.800. The van der Waals surface area contributed by atoms with Crippen LogP contribution in [0.3, 0.4) is 0 Å². The molecule has 1 fully saturated rings. The molecular weight excluding hydrogens is 430 g/mol. The highest BCUT2D eigenvalue weighted by Gasteiger charge is 2.37. The molecule has 170 valence electrons. The van der Waals surface area contributed by atoms with E-state index < -0.39 is 39.7 Å². The summed E-state index contributed by atoms with van der Waals surface area (Å²) in [6.45, 7) is 2.83. The van der Waals surface area contributed by atoms with E-state index >= 15 is 0 Å². The molecule has 0 radical (unpaired) electrons. The highest BCUT2D eigenvalue weighted by atomic mass is 32.2. The van der Waals surface area contributed by atoms with Crippen LogP contribution in [0.5, 0.6) is 0 Å². The Kier molecular flexibility index (Phi) is 10.6. The summed E-state index contributed by atoms with van der Waals surface area (Å²) < 4.78 is 9.72. The number of carbonyl (C=O) groups is 3. The maximum atomic E-state index is 12.6. The number of carbonyl (C=O) groups excluding carboxylic acids is 3. The Morgan fingerprint density at radius 3 is 2.50 bits per heavy atom. The molecule has 14 nitrogen and oxygen atoms in total. The second-order valence-corrected chi connectivity index (χ2v) is 7.20. The first kappa shape index (κ1) is 25.2. The van der Waals surface area contributed by atoms with Crippen LogP contribution in [-0.4, -0.2) is 70.1 Å². The minimum Gasteiger partial charge on any atom is -0.464 e. The van der Waals surface area contributed by atoms with Gasteiger partial charge in [-0.3, -0.25) is 9.63 Å². The first-order valence-corrected chi connectivity index (χ1v) is 9.99. The molecule has 0 aliphatic carbocycles. The lowest BCUT2D eigenvalue weighted by Gasteiger charge is -2.26. The number of esters is 1. The standard InChI is InChI=1S/C15H23N3O11S/c1-10(9-30-15(21)28-11(2)29-18(24)25)13(19)16-6-3-5-12(16)14(20)26-7-4-8-27-17(22)23/h10-12H,3-9H2,1-2H3/t10-,11?,12+/m1/s1. The molecule has 1 saturated heterocycles. The number of hydrogen-bond donors (Lipinski definition) is 0. The second-order valence-electron chi connectivity index (χ2n) is 6.24. The lowest BCUT2D eigenvalue weighted by Crippen LogP contribution is -2.44. The summed E-state index contributed by atoms with van der Waals surface area (Å²) in [5.41, 5.74) is 0. The number of likely N-dealkylation sites (tertiary alicyclic amines) is 1. The zero-order valence-corrected chi connectivity index (χ0v) is 17.2. The van der Waals surface area contributed by atoms with E-state index in [4.69, 9.17) is 4.74 Å². The number of nitrogens with zero attached hydrogens (tertiary/aromatic N) is 3. The zero-order valence-electron chi connectivity index (χ0n) is 16.4. The van der Waals surface area contributed by atoms with E-state index in [0.29, 0.717) is 31.1 Å². The molecule has 0 saturated carbocycles. The predicted molar refractivity (Wildman–Crippen MR) is 98.9 cm³/mol. The van der Waals surface area contributed by atoms with Crippen LogP contribution in [0.2, 0.25) is 0 Å². The quantitative estimate of drug-likeness (QED) is 0.136. The first-order chi connectivity index (χ1) is 14.1. The van der Waals surface area contributed by atoms with Crippen molar-refractivity contribution in [3.63, 3.8) is 0 Å². The van der Waals surface area contributed by atoms with Gasteiger partial charge in [-0.15, -0.1) is 20.2 Å². The van der Waals surface area contributed by atoms with Gasteiger partial charge in [0.2, 0.25) is 12.2 Å². The Morgan fingerprint density at radius 1 is 1.17 bits per heavy atom. The van der Waals surface area contributed by atoms with E-state index in [2.05, 4.69) is 14.4 Å². The summed E-state index contributed by atoms with van der Waals surface area (Å²) in [4.78, 5) is 66.3. The summed E-state index contributed by atoms with van der Waals surface area (Å²) in [7, 11) is 0. The molecule has 0 N–H and O–H groups in total. The number of hydrogen-bond acceptors (Lipinski definition) is 12. The molecule has 1 unspecified atom stereocenters. The fourth-order valence-corrected chi connectivity index (χ4v) is 3.33. The third-order valence-corrected chi connectivity index (χ3v) is 4.91. The Morgan fingerprint density at radius 2 is 1.87 bits per heavy atom. The van der Waals surface area contributed by atoms with Gasteiger partial charge in [0.05, 0.1) is 13.2 Å². The van der Waals surface area contributed by atoms with Crippen molar-refractivity contribution in [3.05, 3.63) is 20.2 Å². The SMILES string of the molecule is CC(OC(=O)SC[C@@H](C)C(=O)N1CCC[C@H]1C(=O)OCCCO[N+](=O)[O-])O[N+](=O)[O-]. The average molecular weight is 453 g/mol. The van der Waals surface area contributed by atoms with Crippen molar-refractivity contribution in [1.29, 1.82) is 0 Å². The molecule has 0 aromatic heterocycles. The van der Waals surface area contributed by atoms with Gasteiger partial charge < -0.3 is 19.2 Å². The van der Waals surface area contributed by atoms with Crippen molar-refractivity contribution < 1.29 is 43.7 Å². The molecule has 0 aromatic carbocycles. The summed E-state index contributed by atoms with van der Waals surface area (Å²) in [5, 5.41) is 17.4. The molecule has 0 bridgehead atoms. The number of rotatable bonds is 12. The van der Waals surface area contributed by atoms with E-state index in [1.165, 1.54) is 11.8 Å². The van der Waals surface area contributed by atoms with Gasteiger partial charge in [-0.2, -0.15) is 0 Å². The lowest BCUT2D eigenvalue weighted by molar-refractivity contribution is -0.777. The van der Waals surface area contributed by atoms with Crippen LogP contribution < -0.4 is 0 Å². The van der Waals surface area contributed by atoms with Crippen LogP contribution in [-0.2, 0) is 28.7 Å². The Labute approximate surface area is 175 Å². The number of ether oxygens (including phenoxy) is 2. The van der Waals surface area contributed by atoms with Gasteiger partial charge in [-0.1, -0.05) is 6.92 Å². The molecule has 1 amide bonds. The van der Waals surface area contributed by atoms with E-state index in [0.717, 1.165) is 0 Å². The number of amides is 1. The van der Waals surface area contributed by atoms with Crippen LogP contribution in [0.15, 0.2) is 0 Å². The number of thioether (sulfide) groups is 1. The maximum Gasteiger partial charge on any atom is 0.369 e. The van der Waals surface area contributed by atoms with Gasteiger partial charge in [0, 0.05) is 24.6 Å². The largest absolute Gasteiger partial charge is 0.464 e. The Hall–Kier alpha value is -2.84. The minimum absolute atomic E-state index is 0.0410. The van der Waals surface area contributed by atoms with Crippen molar-refractivity contribution in [3.8, 4) is 0 Å². The average Bonchev–Trinajstić information content (AvgIpc) is 3.13. The van der Waals surface area contributed by atoms with Crippen LogP contribution in [0.1, 0.15) is 33.1 Å². The molecule has 15 heteroatoms. The maximum absolute atomic E-state index is 12.6. The van der Waals surface area contributed by atoms with Crippen molar-refractivity contribution in [2.24, 2.45) is 5.92 Å². The summed E-state index contributed by atoms with van der Waals surface area (Å²) in [6, 6.07) is -0.762. The minimum atomic E-state index is -1.38. The molecule has 1 rings (SSSR count). The molecule has 30 heavy (non-hydrogen) atoms. The van der Waals surface area contributed by atoms with Gasteiger partial charge in [-0.25, -0.2) is 9.59 Å². The van der Waals surface area contributed by atoms with Crippen LogP contribution in [0, 0.1) is 26.1 Å². The lowest BCUT2D eigenvalue weighted by atomic mass is 10.1. The van der Waals surface area contributed by atoms with E-state index in [9.17, 15) is 34.6 Å². The molecule has 0 spiro atoms. The third-order valence-electron chi connectivity index (χ3n) is 3.91. The van der Waals surface area contributed by atoms with Crippen LogP contribution >= 0.6 is 11.8 Å². The van der Waals surface area contributed by atoms with E-state index in [1.54, 1.807) is 6.92 Å². The summed E-state index contributed by atoms with van der Waals surface area (Å²) in [6.07, 6.45) is -0.206. The third kappa shape index (κ3) is 9.11. The van der Waals surface area contributed by atoms with Crippen LogP contribution in [0.25, 0.3) is 0 Å². The van der Waals surface area contributed by atoms with Gasteiger partial charge in [0.15, 0.2) is 0 Å². The smallest absolute Gasteiger partial charge is 0.369 e. The van der Waals surface area contributed by atoms with Crippen molar-refractivity contribution >= 4 is 28.9 Å². The highest BCUT2D eigenvalue weighted by molar-refractivity contribution is 8.13. The Bertz CT molecular complexity index is 647. The van der Waals surface area contributed by atoms with Gasteiger partial charge in [0.1, 0.15) is 6.04 Å². The zero-order chi connectivity index (χ0) is 22.7. The van der Waals surface area contributed by atoms with Gasteiger partial charge in [-0.05, 0) is 31.5 Å². The second kappa shape index (κ2) is 12.7.